The number of esters is 1. The van der Waals surface area contributed by atoms with Gasteiger partial charge in [0.1, 0.15) is 4.88 Å². The second-order valence-electron chi connectivity index (χ2n) is 6.35. The van der Waals surface area contributed by atoms with Crippen LogP contribution in [-0.4, -0.2) is 19.0 Å². The predicted octanol–water partition coefficient (Wildman–Crippen LogP) is 4.46. The normalized spacial score (nSPS) is 11.2. The average Bonchev–Trinajstić information content (AvgIpc) is 2.88. The molecule has 1 amide bonds. The third kappa shape index (κ3) is 3.99. The molecule has 0 unspecified atom stereocenters. The molecule has 1 N–H and O–H groups in total. The molecule has 1 aromatic heterocycles. The van der Waals surface area contributed by atoms with Crippen molar-refractivity contribution in [3.63, 3.8) is 0 Å². The number of anilines is 1. The molecule has 0 aliphatic carbocycles. The van der Waals surface area contributed by atoms with E-state index in [1.54, 1.807) is 0 Å². The van der Waals surface area contributed by atoms with Crippen LogP contribution in [0.1, 0.15) is 42.9 Å². The van der Waals surface area contributed by atoms with Gasteiger partial charge in [-0.15, -0.1) is 11.3 Å². The minimum absolute atomic E-state index is 0.0898. The van der Waals surface area contributed by atoms with Gasteiger partial charge in [0.2, 0.25) is 5.91 Å². The highest BCUT2D eigenvalue weighted by atomic mass is 32.1. The van der Waals surface area contributed by atoms with E-state index in [2.05, 4.69) is 38.2 Å². The SMILES string of the molecule is COC(=O)c1sc(-c2ccc(C(C)(C)C)cc2)cc1NC(C)=O. The zero-order valence-corrected chi connectivity index (χ0v) is 14.8. The summed E-state index contributed by atoms with van der Waals surface area (Å²) in [7, 11) is 1.33. The summed E-state index contributed by atoms with van der Waals surface area (Å²) in [6, 6.07) is 10.1. The molecule has 0 saturated heterocycles. The maximum absolute atomic E-state index is 11.9. The summed E-state index contributed by atoms with van der Waals surface area (Å²) >= 11 is 1.31. The predicted molar refractivity (Wildman–Crippen MR) is 94.1 cm³/mol. The highest BCUT2D eigenvalue weighted by Gasteiger charge is 2.19. The number of hydrogen-bond donors (Lipinski definition) is 1. The molecule has 0 aliphatic rings. The first-order chi connectivity index (χ1) is 10.7. The van der Waals surface area contributed by atoms with Gasteiger partial charge in [-0.2, -0.15) is 0 Å². The first kappa shape index (κ1) is 17.2. The van der Waals surface area contributed by atoms with Crippen molar-refractivity contribution in [2.24, 2.45) is 0 Å². The van der Waals surface area contributed by atoms with E-state index in [1.807, 2.05) is 18.2 Å². The Balaban J connectivity index is 2.41. The van der Waals surface area contributed by atoms with Crippen molar-refractivity contribution < 1.29 is 14.3 Å². The maximum Gasteiger partial charge on any atom is 0.350 e. The molecule has 1 heterocycles. The van der Waals surface area contributed by atoms with Crippen molar-refractivity contribution in [2.45, 2.75) is 33.1 Å². The number of rotatable bonds is 3. The summed E-state index contributed by atoms with van der Waals surface area (Å²) in [5, 5.41) is 2.69. The monoisotopic (exact) mass is 331 g/mol. The molecule has 0 spiro atoms. The van der Waals surface area contributed by atoms with Crippen LogP contribution in [0.4, 0.5) is 5.69 Å². The fourth-order valence-corrected chi connectivity index (χ4v) is 3.23. The highest BCUT2D eigenvalue weighted by molar-refractivity contribution is 7.18. The molecular formula is C18H21NO3S. The van der Waals surface area contributed by atoms with Gasteiger partial charge in [0.25, 0.3) is 0 Å². The summed E-state index contributed by atoms with van der Waals surface area (Å²) in [6.07, 6.45) is 0. The molecule has 0 saturated carbocycles. The molecular weight excluding hydrogens is 310 g/mol. The fraction of sp³-hybridized carbons (Fsp3) is 0.333. The number of amides is 1. The van der Waals surface area contributed by atoms with Crippen molar-refractivity contribution in [1.82, 2.24) is 0 Å². The van der Waals surface area contributed by atoms with Gasteiger partial charge in [-0.3, -0.25) is 4.79 Å². The van der Waals surface area contributed by atoms with Crippen LogP contribution in [0.2, 0.25) is 0 Å². The van der Waals surface area contributed by atoms with Gasteiger partial charge in [0, 0.05) is 11.8 Å². The smallest absolute Gasteiger partial charge is 0.350 e. The number of nitrogens with one attached hydrogen (secondary N) is 1. The second-order valence-corrected chi connectivity index (χ2v) is 7.41. The minimum Gasteiger partial charge on any atom is -0.465 e. The van der Waals surface area contributed by atoms with E-state index in [4.69, 9.17) is 4.74 Å². The Morgan fingerprint density at radius 2 is 1.74 bits per heavy atom. The first-order valence-electron chi connectivity index (χ1n) is 7.33. The zero-order chi connectivity index (χ0) is 17.2. The Labute approximate surface area is 140 Å². The van der Waals surface area contributed by atoms with E-state index in [0.29, 0.717) is 10.6 Å². The van der Waals surface area contributed by atoms with Gasteiger partial charge in [0.15, 0.2) is 0 Å². The third-order valence-corrected chi connectivity index (χ3v) is 4.61. The first-order valence-corrected chi connectivity index (χ1v) is 8.14. The van der Waals surface area contributed by atoms with Crippen molar-refractivity contribution in [2.75, 3.05) is 12.4 Å². The Bertz CT molecular complexity index is 724. The number of ether oxygens (including phenoxy) is 1. The molecule has 23 heavy (non-hydrogen) atoms. The van der Waals surface area contributed by atoms with Crippen LogP contribution in [0, 0.1) is 0 Å². The molecule has 0 bridgehead atoms. The topological polar surface area (TPSA) is 55.4 Å². The molecule has 0 radical (unpaired) electrons. The van der Waals surface area contributed by atoms with Gasteiger partial charge in [0.05, 0.1) is 12.8 Å². The van der Waals surface area contributed by atoms with Crippen molar-refractivity contribution >= 4 is 28.9 Å². The zero-order valence-electron chi connectivity index (χ0n) is 14.0. The van der Waals surface area contributed by atoms with Gasteiger partial charge >= 0.3 is 5.97 Å². The van der Waals surface area contributed by atoms with E-state index in [-0.39, 0.29) is 11.3 Å². The molecule has 4 nitrogen and oxygen atoms in total. The lowest BCUT2D eigenvalue weighted by atomic mass is 9.86. The van der Waals surface area contributed by atoms with Crippen LogP contribution >= 0.6 is 11.3 Å². The van der Waals surface area contributed by atoms with Crippen LogP contribution in [0.25, 0.3) is 10.4 Å². The highest BCUT2D eigenvalue weighted by Crippen LogP contribution is 2.36. The number of carbonyl (C=O) groups excluding carboxylic acids is 2. The van der Waals surface area contributed by atoms with Gasteiger partial charge in [-0.25, -0.2) is 4.79 Å². The minimum atomic E-state index is -0.448. The van der Waals surface area contributed by atoms with E-state index < -0.39 is 5.97 Å². The molecule has 2 rings (SSSR count). The lowest BCUT2D eigenvalue weighted by molar-refractivity contribution is -0.114. The number of hydrogen-bond acceptors (Lipinski definition) is 4. The van der Waals surface area contributed by atoms with Crippen molar-refractivity contribution in [3.8, 4) is 10.4 Å². The summed E-state index contributed by atoms with van der Waals surface area (Å²) in [6.45, 7) is 7.91. The molecule has 2 aromatic rings. The quantitative estimate of drug-likeness (QED) is 0.845. The van der Waals surface area contributed by atoms with Crippen LogP contribution in [0.15, 0.2) is 30.3 Å². The Hall–Kier alpha value is -2.14. The lowest BCUT2D eigenvalue weighted by Gasteiger charge is -2.18. The molecule has 5 heteroatoms. The van der Waals surface area contributed by atoms with Crippen LogP contribution in [-0.2, 0) is 14.9 Å². The molecule has 0 fully saturated rings. The fourth-order valence-electron chi connectivity index (χ4n) is 2.19. The van der Waals surface area contributed by atoms with E-state index in [0.717, 1.165) is 10.4 Å². The van der Waals surface area contributed by atoms with Crippen molar-refractivity contribution in [1.29, 1.82) is 0 Å². The molecule has 0 aliphatic heterocycles. The summed E-state index contributed by atoms with van der Waals surface area (Å²) < 4.78 is 4.79. The average molecular weight is 331 g/mol. The number of thiophene rings is 1. The summed E-state index contributed by atoms with van der Waals surface area (Å²) in [5.74, 6) is -0.668. The second kappa shape index (κ2) is 6.54. The Kier molecular flexibility index (Phi) is 4.90. The van der Waals surface area contributed by atoms with Gasteiger partial charge < -0.3 is 10.1 Å². The number of benzene rings is 1. The molecule has 1 aromatic carbocycles. The third-order valence-electron chi connectivity index (χ3n) is 3.45. The van der Waals surface area contributed by atoms with Crippen LogP contribution in [0.5, 0.6) is 0 Å². The van der Waals surface area contributed by atoms with E-state index in [1.165, 1.54) is 30.9 Å². The Morgan fingerprint density at radius 3 is 2.22 bits per heavy atom. The van der Waals surface area contributed by atoms with Gasteiger partial charge in [-0.05, 0) is 22.6 Å². The summed E-state index contributed by atoms with van der Waals surface area (Å²) in [5.41, 5.74) is 2.83. The van der Waals surface area contributed by atoms with Crippen molar-refractivity contribution in [3.05, 3.63) is 40.8 Å². The Morgan fingerprint density at radius 1 is 1.13 bits per heavy atom. The number of methoxy groups -OCH3 is 1. The number of carbonyl (C=O) groups is 2. The lowest BCUT2D eigenvalue weighted by Crippen LogP contribution is -2.10. The van der Waals surface area contributed by atoms with Crippen LogP contribution < -0.4 is 5.32 Å². The summed E-state index contributed by atoms with van der Waals surface area (Å²) in [4.78, 5) is 24.5. The standard InChI is InChI=1S/C18H21NO3S/c1-11(20)19-14-10-15(23-16(14)17(21)22-5)12-6-8-13(9-7-12)18(2,3)4/h6-10H,1-5H3,(H,19,20). The van der Waals surface area contributed by atoms with E-state index in [9.17, 15) is 9.59 Å². The van der Waals surface area contributed by atoms with E-state index >= 15 is 0 Å². The maximum atomic E-state index is 11.9. The largest absolute Gasteiger partial charge is 0.465 e. The van der Waals surface area contributed by atoms with Crippen LogP contribution in [0.3, 0.4) is 0 Å². The van der Waals surface area contributed by atoms with Gasteiger partial charge in [-0.1, -0.05) is 45.0 Å². The molecule has 122 valence electrons. The molecule has 0 atom stereocenters.